The molecule has 88 valence electrons. The topological polar surface area (TPSA) is 66.8 Å². The molecule has 1 N–H and O–H groups in total. The largest absolute Gasteiger partial charge is 0.527 e. The van der Waals surface area contributed by atoms with E-state index in [2.05, 4.69) is 0 Å². The Morgan fingerprint density at radius 3 is 2.69 bits per heavy atom. The van der Waals surface area contributed by atoms with Crippen LogP contribution in [0.2, 0.25) is 5.82 Å². The molecule has 5 nitrogen and oxygen atoms in total. The van der Waals surface area contributed by atoms with Gasteiger partial charge in [0, 0.05) is 12.4 Å². The molecule has 1 aliphatic carbocycles. The molecule has 1 saturated heterocycles. The van der Waals surface area contributed by atoms with Gasteiger partial charge in [0.15, 0.2) is 5.78 Å². The number of rotatable bonds is 3. The zero-order valence-electron chi connectivity index (χ0n) is 9.39. The average Bonchev–Trinajstić information content (AvgIpc) is 2.41. The maximum Gasteiger partial charge on any atom is 0.527 e. The van der Waals surface area contributed by atoms with Gasteiger partial charge in [-0.15, -0.1) is 0 Å². The SMILES string of the molecule is CN1CC(=O)C(C(=O)OB(O)C2CCC2)C1. The lowest BCUT2D eigenvalue weighted by atomic mass is 9.61. The van der Waals surface area contributed by atoms with Crippen LogP contribution in [0.3, 0.4) is 0 Å². The van der Waals surface area contributed by atoms with Gasteiger partial charge in [-0.2, -0.15) is 0 Å². The fourth-order valence-corrected chi connectivity index (χ4v) is 2.08. The second-order valence-corrected chi connectivity index (χ2v) is 4.73. The van der Waals surface area contributed by atoms with Crippen LogP contribution in [0.25, 0.3) is 0 Å². The molecule has 0 spiro atoms. The van der Waals surface area contributed by atoms with E-state index in [1.54, 1.807) is 11.9 Å². The summed E-state index contributed by atoms with van der Waals surface area (Å²) in [5.41, 5.74) is 0. The fraction of sp³-hybridized carbons (Fsp3) is 0.800. The number of carbonyl (C=O) groups excluding carboxylic acids is 2. The van der Waals surface area contributed by atoms with Crippen LogP contribution in [0, 0.1) is 5.92 Å². The molecule has 1 unspecified atom stereocenters. The third-order valence-corrected chi connectivity index (χ3v) is 3.38. The van der Waals surface area contributed by atoms with E-state index in [1.807, 2.05) is 0 Å². The van der Waals surface area contributed by atoms with E-state index in [0.29, 0.717) is 13.1 Å². The molecular weight excluding hydrogens is 209 g/mol. The van der Waals surface area contributed by atoms with Crippen molar-refractivity contribution in [1.82, 2.24) is 4.90 Å². The maximum absolute atomic E-state index is 11.6. The molecule has 0 aromatic heterocycles. The first-order valence-corrected chi connectivity index (χ1v) is 5.67. The number of carbonyl (C=O) groups is 2. The Labute approximate surface area is 94.9 Å². The summed E-state index contributed by atoms with van der Waals surface area (Å²) in [6.07, 6.45) is 2.87. The summed E-state index contributed by atoms with van der Waals surface area (Å²) in [5.74, 6) is -1.33. The van der Waals surface area contributed by atoms with Crippen LogP contribution >= 0.6 is 0 Å². The van der Waals surface area contributed by atoms with Crippen LogP contribution in [0.1, 0.15) is 19.3 Å². The number of nitrogens with zero attached hydrogens (tertiary/aromatic N) is 1. The fourth-order valence-electron chi connectivity index (χ4n) is 2.08. The van der Waals surface area contributed by atoms with E-state index in [4.69, 9.17) is 4.65 Å². The monoisotopic (exact) mass is 225 g/mol. The smallest absolute Gasteiger partial charge is 0.509 e. The summed E-state index contributed by atoms with van der Waals surface area (Å²) >= 11 is 0. The Hall–Kier alpha value is -0.875. The van der Waals surface area contributed by atoms with Crippen LogP contribution in [-0.4, -0.2) is 48.9 Å². The third kappa shape index (κ3) is 2.27. The highest BCUT2D eigenvalue weighted by Gasteiger charge is 2.40. The maximum atomic E-state index is 11.6. The van der Waals surface area contributed by atoms with Gasteiger partial charge in [-0.25, -0.2) is 0 Å². The number of likely N-dealkylation sites (tertiary alicyclic amines) is 1. The molecule has 0 aromatic rings. The summed E-state index contributed by atoms with van der Waals surface area (Å²) in [4.78, 5) is 24.8. The molecule has 0 radical (unpaired) electrons. The second-order valence-electron chi connectivity index (χ2n) is 4.73. The zero-order chi connectivity index (χ0) is 11.7. The van der Waals surface area contributed by atoms with Crippen molar-refractivity contribution in [1.29, 1.82) is 0 Å². The van der Waals surface area contributed by atoms with Gasteiger partial charge < -0.3 is 9.68 Å². The molecule has 1 atom stereocenters. The Bertz CT molecular complexity index is 305. The van der Waals surface area contributed by atoms with E-state index in [-0.39, 0.29) is 11.6 Å². The van der Waals surface area contributed by atoms with Crippen LogP contribution in [0.5, 0.6) is 0 Å². The van der Waals surface area contributed by atoms with Gasteiger partial charge in [-0.05, 0) is 7.05 Å². The van der Waals surface area contributed by atoms with Crippen molar-refractivity contribution in [2.75, 3.05) is 20.1 Å². The molecule has 0 aromatic carbocycles. The van der Waals surface area contributed by atoms with Crippen molar-refractivity contribution < 1.29 is 19.3 Å². The molecule has 16 heavy (non-hydrogen) atoms. The molecule has 1 aliphatic heterocycles. The zero-order valence-corrected chi connectivity index (χ0v) is 9.39. The Morgan fingerprint density at radius 2 is 2.25 bits per heavy atom. The van der Waals surface area contributed by atoms with Crippen molar-refractivity contribution in [2.24, 2.45) is 5.92 Å². The van der Waals surface area contributed by atoms with Gasteiger partial charge in [0.2, 0.25) is 0 Å². The summed E-state index contributed by atoms with van der Waals surface area (Å²) in [5, 5.41) is 9.58. The van der Waals surface area contributed by atoms with Crippen LogP contribution in [0.15, 0.2) is 0 Å². The Kier molecular flexibility index (Phi) is 3.30. The van der Waals surface area contributed by atoms with Crippen LogP contribution in [0.4, 0.5) is 0 Å². The van der Waals surface area contributed by atoms with E-state index >= 15 is 0 Å². The standard InChI is InChI=1S/C10H16BNO4/c1-12-5-8(9(13)6-12)10(14)16-11(15)7-3-2-4-7/h7-8,15H,2-6H2,1H3. The predicted octanol–water partition coefficient (Wildman–Crippen LogP) is -0.305. The minimum atomic E-state index is -1.03. The molecule has 1 heterocycles. The molecule has 2 aliphatic rings. The quantitative estimate of drug-likeness (QED) is 0.527. The lowest BCUT2D eigenvalue weighted by Gasteiger charge is -2.26. The third-order valence-electron chi connectivity index (χ3n) is 3.38. The summed E-state index contributed by atoms with van der Waals surface area (Å²) in [6.45, 7) is 0.689. The first-order chi connectivity index (χ1) is 7.58. The minimum absolute atomic E-state index is 0.0678. The molecule has 6 heteroatoms. The van der Waals surface area contributed by atoms with E-state index in [1.165, 1.54) is 0 Å². The molecule has 1 saturated carbocycles. The van der Waals surface area contributed by atoms with Crippen molar-refractivity contribution >= 4 is 18.9 Å². The Morgan fingerprint density at radius 1 is 1.56 bits per heavy atom. The number of ketones is 1. The normalized spacial score (nSPS) is 26.6. The predicted molar refractivity (Wildman–Crippen MR) is 57.7 cm³/mol. The number of hydrogen-bond donors (Lipinski definition) is 1. The van der Waals surface area contributed by atoms with Crippen molar-refractivity contribution in [2.45, 2.75) is 25.1 Å². The number of Topliss-reactive ketones (excluding diaryl/α,β-unsaturated/α-hetero) is 1. The minimum Gasteiger partial charge on any atom is -0.509 e. The molecule has 2 fully saturated rings. The van der Waals surface area contributed by atoms with Crippen LogP contribution in [-0.2, 0) is 14.2 Å². The Balaban J connectivity index is 1.85. The van der Waals surface area contributed by atoms with Gasteiger partial charge in [0.25, 0.3) is 0 Å². The lowest BCUT2D eigenvalue weighted by Crippen LogP contribution is -2.36. The summed E-state index contributed by atoms with van der Waals surface area (Å²) < 4.78 is 4.93. The van der Waals surface area contributed by atoms with Crippen molar-refractivity contribution in [3.05, 3.63) is 0 Å². The van der Waals surface area contributed by atoms with E-state index in [9.17, 15) is 14.6 Å². The van der Waals surface area contributed by atoms with Crippen molar-refractivity contribution in [3.8, 4) is 0 Å². The number of hydrogen-bond acceptors (Lipinski definition) is 5. The lowest BCUT2D eigenvalue weighted by molar-refractivity contribution is -0.143. The first kappa shape index (κ1) is 11.6. The second kappa shape index (κ2) is 4.55. The highest BCUT2D eigenvalue weighted by molar-refractivity contribution is 6.47. The highest BCUT2D eigenvalue weighted by atomic mass is 16.6. The van der Waals surface area contributed by atoms with Crippen molar-refractivity contribution in [3.63, 3.8) is 0 Å². The van der Waals surface area contributed by atoms with Gasteiger partial charge in [0.05, 0.1) is 6.54 Å². The molecular formula is C10H16BNO4. The van der Waals surface area contributed by atoms with Gasteiger partial charge in [-0.3, -0.25) is 14.5 Å². The molecule has 2 rings (SSSR count). The van der Waals surface area contributed by atoms with Gasteiger partial charge in [-0.1, -0.05) is 19.3 Å². The van der Waals surface area contributed by atoms with Crippen LogP contribution < -0.4 is 0 Å². The average molecular weight is 225 g/mol. The van der Waals surface area contributed by atoms with E-state index in [0.717, 1.165) is 19.3 Å². The highest BCUT2D eigenvalue weighted by Crippen LogP contribution is 2.34. The number of likely N-dealkylation sites (N-methyl/N-ethyl adjacent to an activating group) is 1. The van der Waals surface area contributed by atoms with E-state index < -0.39 is 19.0 Å². The van der Waals surface area contributed by atoms with Gasteiger partial charge in [0.1, 0.15) is 5.92 Å². The van der Waals surface area contributed by atoms with Gasteiger partial charge >= 0.3 is 13.1 Å². The first-order valence-electron chi connectivity index (χ1n) is 5.67. The summed E-state index contributed by atoms with van der Waals surface area (Å²) in [7, 11) is 0.757. The molecule has 0 amide bonds. The summed E-state index contributed by atoms with van der Waals surface area (Å²) in [6, 6.07) is 0. The molecule has 0 bridgehead atoms.